The standard InChI is InChI=1S/C22H32O4/c1-5-6-7-8-15-12-18(23)20(21(24)19(15)22(25)26)17-11-14(4)9-10-16(17)13(2)3/h11-13,16-17,23-24H,5-10H2,1-4H3,(H,25,26)/t16-,17+/m0/s1. The van der Waals surface area contributed by atoms with Crippen LogP contribution in [0.2, 0.25) is 0 Å². The Morgan fingerprint density at radius 2 is 1.96 bits per heavy atom. The van der Waals surface area contributed by atoms with Crippen molar-refractivity contribution < 1.29 is 20.1 Å². The van der Waals surface area contributed by atoms with Gasteiger partial charge in [-0.2, -0.15) is 0 Å². The van der Waals surface area contributed by atoms with Crippen LogP contribution in [0.15, 0.2) is 17.7 Å². The first-order chi connectivity index (χ1) is 12.3. The van der Waals surface area contributed by atoms with E-state index in [1.54, 1.807) is 6.07 Å². The number of hydrogen-bond donors (Lipinski definition) is 3. The number of carboxylic acids is 1. The number of aromatic carboxylic acids is 1. The summed E-state index contributed by atoms with van der Waals surface area (Å²) in [6.45, 7) is 8.41. The van der Waals surface area contributed by atoms with E-state index in [1.165, 1.54) is 5.57 Å². The molecule has 0 radical (unpaired) electrons. The maximum atomic E-state index is 11.8. The number of aromatic hydroxyl groups is 2. The van der Waals surface area contributed by atoms with Crippen LogP contribution in [0, 0.1) is 11.8 Å². The molecule has 0 aromatic heterocycles. The zero-order chi connectivity index (χ0) is 19.4. The van der Waals surface area contributed by atoms with E-state index in [2.05, 4.69) is 33.8 Å². The molecule has 0 saturated carbocycles. The van der Waals surface area contributed by atoms with E-state index in [9.17, 15) is 20.1 Å². The molecule has 0 aliphatic heterocycles. The lowest BCUT2D eigenvalue weighted by Crippen LogP contribution is -2.22. The van der Waals surface area contributed by atoms with E-state index in [4.69, 9.17) is 0 Å². The summed E-state index contributed by atoms with van der Waals surface area (Å²) in [5.74, 6) is -0.894. The minimum atomic E-state index is -1.13. The van der Waals surface area contributed by atoms with Gasteiger partial charge in [0.25, 0.3) is 0 Å². The maximum absolute atomic E-state index is 11.8. The molecule has 0 fully saturated rings. The Morgan fingerprint density at radius 3 is 2.54 bits per heavy atom. The van der Waals surface area contributed by atoms with Crippen LogP contribution in [0.4, 0.5) is 0 Å². The van der Waals surface area contributed by atoms with Gasteiger partial charge in [-0.3, -0.25) is 0 Å². The van der Waals surface area contributed by atoms with Crippen LogP contribution in [0.25, 0.3) is 0 Å². The number of phenols is 2. The fraction of sp³-hybridized carbons (Fsp3) is 0.591. The number of carboxylic acid groups (broad SMARTS) is 1. The largest absolute Gasteiger partial charge is 0.507 e. The lowest BCUT2D eigenvalue weighted by atomic mass is 9.71. The number of phenolic OH excluding ortho intramolecular Hbond substituents is 1. The molecule has 3 N–H and O–H groups in total. The van der Waals surface area contributed by atoms with Crippen molar-refractivity contribution in [3.8, 4) is 11.5 Å². The van der Waals surface area contributed by atoms with Crippen LogP contribution in [0.1, 0.15) is 87.2 Å². The highest BCUT2D eigenvalue weighted by molar-refractivity contribution is 5.94. The van der Waals surface area contributed by atoms with Gasteiger partial charge >= 0.3 is 5.97 Å². The van der Waals surface area contributed by atoms with E-state index >= 15 is 0 Å². The number of rotatable bonds is 7. The van der Waals surface area contributed by atoms with Crippen molar-refractivity contribution in [3.05, 3.63) is 34.4 Å². The smallest absolute Gasteiger partial charge is 0.339 e. The Hall–Kier alpha value is -1.97. The lowest BCUT2D eigenvalue weighted by Gasteiger charge is -2.34. The van der Waals surface area contributed by atoms with Crippen molar-refractivity contribution in [2.24, 2.45) is 11.8 Å². The molecule has 2 atom stereocenters. The lowest BCUT2D eigenvalue weighted by molar-refractivity contribution is 0.0692. The van der Waals surface area contributed by atoms with E-state index in [0.29, 0.717) is 23.5 Å². The predicted molar refractivity (Wildman–Crippen MR) is 104 cm³/mol. The number of benzene rings is 1. The van der Waals surface area contributed by atoms with E-state index in [0.717, 1.165) is 32.1 Å². The third-order valence-corrected chi connectivity index (χ3v) is 5.65. The molecule has 0 amide bonds. The van der Waals surface area contributed by atoms with Gasteiger partial charge < -0.3 is 15.3 Å². The summed E-state index contributed by atoms with van der Waals surface area (Å²) in [5, 5.41) is 31.2. The Kier molecular flexibility index (Phi) is 6.74. The molecule has 1 aromatic carbocycles. The van der Waals surface area contributed by atoms with E-state index < -0.39 is 5.97 Å². The summed E-state index contributed by atoms with van der Waals surface area (Å²) in [7, 11) is 0. The van der Waals surface area contributed by atoms with Crippen LogP contribution in [-0.4, -0.2) is 21.3 Å². The molecular formula is C22H32O4. The van der Waals surface area contributed by atoms with Crippen molar-refractivity contribution in [2.45, 2.75) is 72.1 Å². The average molecular weight is 360 g/mol. The predicted octanol–water partition coefficient (Wildman–Crippen LogP) is 5.62. The molecule has 144 valence electrons. The van der Waals surface area contributed by atoms with Crippen molar-refractivity contribution in [1.29, 1.82) is 0 Å². The minimum absolute atomic E-state index is 0.0144. The zero-order valence-corrected chi connectivity index (χ0v) is 16.4. The first kappa shape index (κ1) is 20.3. The van der Waals surface area contributed by atoms with Gasteiger partial charge in [0.05, 0.1) is 0 Å². The molecule has 0 saturated heterocycles. The van der Waals surface area contributed by atoms with Gasteiger partial charge in [-0.1, -0.05) is 45.3 Å². The van der Waals surface area contributed by atoms with Crippen molar-refractivity contribution in [2.75, 3.05) is 0 Å². The summed E-state index contributed by atoms with van der Waals surface area (Å²) in [6.07, 6.45) is 7.47. The molecule has 2 rings (SSSR count). The van der Waals surface area contributed by atoms with Crippen LogP contribution >= 0.6 is 0 Å². The summed E-state index contributed by atoms with van der Waals surface area (Å²) >= 11 is 0. The summed E-state index contributed by atoms with van der Waals surface area (Å²) in [4.78, 5) is 11.8. The number of aryl methyl sites for hydroxylation is 1. The van der Waals surface area contributed by atoms with Crippen molar-refractivity contribution in [3.63, 3.8) is 0 Å². The molecule has 4 heteroatoms. The fourth-order valence-corrected chi connectivity index (χ4v) is 4.19. The van der Waals surface area contributed by atoms with Gasteiger partial charge in [-0.05, 0) is 56.1 Å². The van der Waals surface area contributed by atoms with Crippen molar-refractivity contribution >= 4 is 5.97 Å². The third kappa shape index (κ3) is 4.22. The fourth-order valence-electron chi connectivity index (χ4n) is 4.19. The Balaban J connectivity index is 2.56. The molecule has 26 heavy (non-hydrogen) atoms. The van der Waals surface area contributed by atoms with Gasteiger partial charge in [-0.15, -0.1) is 0 Å². The average Bonchev–Trinajstić information content (AvgIpc) is 2.54. The number of allylic oxidation sites excluding steroid dienone is 2. The molecule has 1 aliphatic carbocycles. The quantitative estimate of drug-likeness (QED) is 0.435. The number of carbonyl (C=O) groups is 1. The SMILES string of the molecule is CCCCCc1cc(O)c([C@@H]2C=C(C)CC[C@H]2C(C)C)c(O)c1C(=O)O. The van der Waals surface area contributed by atoms with Crippen molar-refractivity contribution in [1.82, 2.24) is 0 Å². The normalized spacial score (nSPS) is 20.3. The molecular weight excluding hydrogens is 328 g/mol. The van der Waals surface area contributed by atoms with E-state index in [-0.39, 0.29) is 28.9 Å². The second-order valence-corrected chi connectivity index (χ2v) is 7.94. The van der Waals surface area contributed by atoms with Gasteiger partial charge in [0.1, 0.15) is 17.1 Å². The summed E-state index contributed by atoms with van der Waals surface area (Å²) in [5.41, 5.74) is 2.06. The number of unbranched alkanes of at least 4 members (excludes halogenated alkanes) is 2. The van der Waals surface area contributed by atoms with Crippen LogP contribution < -0.4 is 0 Å². The monoisotopic (exact) mass is 360 g/mol. The molecule has 0 unspecified atom stereocenters. The Morgan fingerprint density at radius 1 is 1.27 bits per heavy atom. The molecule has 1 aromatic rings. The summed E-state index contributed by atoms with van der Waals surface area (Å²) in [6, 6.07) is 1.56. The third-order valence-electron chi connectivity index (χ3n) is 5.65. The van der Waals surface area contributed by atoms with Gasteiger partial charge in [0, 0.05) is 11.5 Å². The highest BCUT2D eigenvalue weighted by atomic mass is 16.4. The second kappa shape index (κ2) is 8.61. The van der Waals surface area contributed by atoms with Crippen LogP contribution in [-0.2, 0) is 6.42 Å². The maximum Gasteiger partial charge on any atom is 0.339 e. The second-order valence-electron chi connectivity index (χ2n) is 7.94. The Labute approximate surface area is 156 Å². The summed E-state index contributed by atoms with van der Waals surface area (Å²) < 4.78 is 0. The Bertz CT molecular complexity index is 688. The highest BCUT2D eigenvalue weighted by Gasteiger charge is 2.33. The van der Waals surface area contributed by atoms with E-state index in [1.807, 2.05) is 0 Å². The minimum Gasteiger partial charge on any atom is -0.507 e. The van der Waals surface area contributed by atoms with Crippen LogP contribution in [0.3, 0.4) is 0 Å². The molecule has 0 spiro atoms. The molecule has 1 aliphatic rings. The van der Waals surface area contributed by atoms with Crippen LogP contribution in [0.5, 0.6) is 11.5 Å². The first-order valence-electron chi connectivity index (χ1n) is 9.76. The molecule has 4 nitrogen and oxygen atoms in total. The van der Waals surface area contributed by atoms with Gasteiger partial charge in [0.2, 0.25) is 0 Å². The first-order valence-corrected chi connectivity index (χ1v) is 9.76. The zero-order valence-electron chi connectivity index (χ0n) is 16.4. The van der Waals surface area contributed by atoms with Gasteiger partial charge in [0.15, 0.2) is 0 Å². The molecule has 0 bridgehead atoms. The van der Waals surface area contributed by atoms with Gasteiger partial charge in [-0.25, -0.2) is 4.79 Å². The molecule has 0 heterocycles. The number of hydrogen-bond acceptors (Lipinski definition) is 3. The topological polar surface area (TPSA) is 77.8 Å². The highest BCUT2D eigenvalue weighted by Crippen LogP contribution is 2.48.